The lowest BCUT2D eigenvalue weighted by Gasteiger charge is -2.31. The van der Waals surface area contributed by atoms with Crippen LogP contribution in [0, 0.1) is 5.92 Å². The molecule has 2 rings (SSSR count). The summed E-state index contributed by atoms with van der Waals surface area (Å²) in [5.74, 6) is 0.405. The average Bonchev–Trinajstić information content (AvgIpc) is 3.03. The largest absolute Gasteiger partial charge is 0.355 e. The van der Waals surface area contributed by atoms with E-state index >= 15 is 0 Å². The van der Waals surface area contributed by atoms with Crippen LogP contribution >= 0.6 is 11.3 Å². The summed E-state index contributed by atoms with van der Waals surface area (Å²) in [6.07, 6.45) is 4.20. The van der Waals surface area contributed by atoms with Crippen LogP contribution in [-0.2, 0) is 16.0 Å². The Morgan fingerprint density at radius 1 is 1.57 bits per heavy atom. The van der Waals surface area contributed by atoms with Crippen molar-refractivity contribution in [2.75, 3.05) is 19.6 Å². The van der Waals surface area contributed by atoms with E-state index < -0.39 is 0 Å². The molecule has 2 amide bonds. The van der Waals surface area contributed by atoms with Crippen molar-refractivity contribution in [2.24, 2.45) is 5.92 Å². The Bertz CT molecular complexity index is 568. The first-order chi connectivity index (χ1) is 11.0. The van der Waals surface area contributed by atoms with Crippen LogP contribution in [0.3, 0.4) is 0 Å². The van der Waals surface area contributed by atoms with Crippen LogP contribution in [0.25, 0.3) is 0 Å². The number of carbonyl (C=O) groups excluding carboxylic acids is 2. The average molecular weight is 335 g/mol. The summed E-state index contributed by atoms with van der Waals surface area (Å²) >= 11 is 1.65. The summed E-state index contributed by atoms with van der Waals surface area (Å²) in [4.78, 5) is 29.9. The first-order valence-corrected chi connectivity index (χ1v) is 9.02. The Morgan fingerprint density at radius 3 is 3.04 bits per heavy atom. The lowest BCUT2D eigenvalue weighted by Crippen LogP contribution is -2.38. The second kappa shape index (κ2) is 8.24. The molecule has 1 atom stereocenters. The van der Waals surface area contributed by atoms with Gasteiger partial charge in [-0.1, -0.05) is 20.4 Å². The minimum atomic E-state index is 0.00266. The minimum Gasteiger partial charge on any atom is -0.355 e. The Balaban J connectivity index is 1.87. The Hall–Kier alpha value is -1.69. The molecule has 126 valence electrons. The van der Waals surface area contributed by atoms with Gasteiger partial charge in [0.25, 0.3) is 0 Å². The predicted octanol–water partition coefficient (Wildman–Crippen LogP) is 2.35. The number of carbonyl (C=O) groups is 2. The van der Waals surface area contributed by atoms with Crippen molar-refractivity contribution in [3.8, 4) is 0 Å². The zero-order valence-corrected chi connectivity index (χ0v) is 14.7. The molecule has 1 aliphatic rings. The third-order valence-corrected chi connectivity index (χ3v) is 5.09. The van der Waals surface area contributed by atoms with Crippen molar-refractivity contribution in [1.29, 1.82) is 0 Å². The van der Waals surface area contributed by atoms with Gasteiger partial charge in [-0.25, -0.2) is 4.98 Å². The first-order valence-electron chi connectivity index (χ1n) is 8.14. The van der Waals surface area contributed by atoms with Gasteiger partial charge in [0.05, 0.1) is 10.7 Å². The van der Waals surface area contributed by atoms with Gasteiger partial charge in [0, 0.05) is 43.3 Å². The van der Waals surface area contributed by atoms with Crippen LogP contribution in [0.2, 0.25) is 0 Å². The molecule has 0 saturated carbocycles. The molecule has 0 aromatic carbocycles. The molecule has 0 spiro atoms. The van der Waals surface area contributed by atoms with Gasteiger partial charge >= 0.3 is 0 Å². The molecule has 1 aromatic heterocycles. The Morgan fingerprint density at radius 2 is 2.35 bits per heavy atom. The third-order valence-electron chi connectivity index (χ3n) is 4.03. The van der Waals surface area contributed by atoms with Crippen molar-refractivity contribution in [2.45, 2.75) is 39.0 Å². The van der Waals surface area contributed by atoms with E-state index in [4.69, 9.17) is 4.98 Å². The monoisotopic (exact) mass is 335 g/mol. The van der Waals surface area contributed by atoms with Crippen LogP contribution < -0.4 is 5.32 Å². The molecule has 0 bridgehead atoms. The lowest BCUT2D eigenvalue weighted by atomic mass is 9.98. The summed E-state index contributed by atoms with van der Waals surface area (Å²) in [6, 6.07) is 0. The van der Waals surface area contributed by atoms with E-state index in [-0.39, 0.29) is 17.7 Å². The Labute approximate surface area is 141 Å². The number of rotatable bonds is 6. The maximum absolute atomic E-state index is 11.8. The summed E-state index contributed by atoms with van der Waals surface area (Å²) in [6.45, 7) is 9.48. The van der Waals surface area contributed by atoms with Gasteiger partial charge in [0.1, 0.15) is 0 Å². The maximum Gasteiger partial charge on any atom is 0.245 e. The molecule has 2 heterocycles. The highest BCUT2D eigenvalue weighted by molar-refractivity contribution is 7.09. The smallest absolute Gasteiger partial charge is 0.245 e. The molecule has 0 radical (unpaired) electrons. The molecule has 6 heteroatoms. The highest BCUT2D eigenvalue weighted by atomic mass is 32.1. The van der Waals surface area contributed by atoms with E-state index in [2.05, 4.69) is 17.3 Å². The molecular weight excluding hydrogens is 310 g/mol. The normalized spacial score (nSPS) is 18.0. The van der Waals surface area contributed by atoms with Gasteiger partial charge in [-0.2, -0.15) is 0 Å². The van der Waals surface area contributed by atoms with E-state index in [1.165, 1.54) is 6.08 Å². The van der Waals surface area contributed by atoms with Crippen LogP contribution in [0.5, 0.6) is 0 Å². The standard InChI is InChI=1S/C17H25N3O2S/c1-4-15(21)20-9-5-6-13(10-20)17-19-14(11-23-17)7-8-18-16(22)12(2)3/h4,11-13H,1,5-10H2,2-3H3,(H,18,22). The summed E-state index contributed by atoms with van der Waals surface area (Å²) in [5.41, 5.74) is 1.02. The molecule has 1 aromatic rings. The summed E-state index contributed by atoms with van der Waals surface area (Å²) in [7, 11) is 0. The van der Waals surface area contributed by atoms with Gasteiger partial charge in [0.2, 0.25) is 11.8 Å². The zero-order chi connectivity index (χ0) is 16.8. The molecule has 1 unspecified atom stereocenters. The molecular formula is C17H25N3O2S. The number of likely N-dealkylation sites (tertiary alicyclic amines) is 1. The molecule has 0 aliphatic carbocycles. The van der Waals surface area contributed by atoms with Crippen molar-refractivity contribution < 1.29 is 9.59 Å². The minimum absolute atomic E-state index is 0.00266. The molecule has 1 saturated heterocycles. The van der Waals surface area contributed by atoms with Crippen molar-refractivity contribution in [1.82, 2.24) is 15.2 Å². The number of piperidine rings is 1. The molecule has 23 heavy (non-hydrogen) atoms. The summed E-state index contributed by atoms with van der Waals surface area (Å²) in [5, 5.41) is 6.07. The number of aromatic nitrogens is 1. The number of hydrogen-bond acceptors (Lipinski definition) is 4. The highest BCUT2D eigenvalue weighted by Gasteiger charge is 2.25. The van der Waals surface area contributed by atoms with Crippen LogP contribution in [-0.4, -0.2) is 41.3 Å². The van der Waals surface area contributed by atoms with E-state index in [9.17, 15) is 9.59 Å². The summed E-state index contributed by atoms with van der Waals surface area (Å²) < 4.78 is 0. The predicted molar refractivity (Wildman–Crippen MR) is 92.4 cm³/mol. The fourth-order valence-corrected chi connectivity index (χ4v) is 3.63. The van der Waals surface area contributed by atoms with Crippen molar-refractivity contribution in [3.63, 3.8) is 0 Å². The van der Waals surface area contributed by atoms with Gasteiger partial charge in [-0.05, 0) is 18.9 Å². The highest BCUT2D eigenvalue weighted by Crippen LogP contribution is 2.29. The lowest BCUT2D eigenvalue weighted by molar-refractivity contribution is -0.127. The van der Waals surface area contributed by atoms with E-state index in [1.54, 1.807) is 11.3 Å². The SMILES string of the molecule is C=CC(=O)N1CCCC(c2nc(CCNC(=O)C(C)C)cs2)C1. The number of nitrogens with zero attached hydrogens (tertiary/aromatic N) is 2. The molecule has 1 fully saturated rings. The number of nitrogens with one attached hydrogen (secondary N) is 1. The zero-order valence-electron chi connectivity index (χ0n) is 13.9. The fraction of sp³-hybridized carbons (Fsp3) is 0.588. The van der Waals surface area contributed by atoms with Crippen LogP contribution in [0.15, 0.2) is 18.0 Å². The van der Waals surface area contributed by atoms with Gasteiger partial charge in [-0.3, -0.25) is 9.59 Å². The van der Waals surface area contributed by atoms with Gasteiger partial charge in [0.15, 0.2) is 0 Å². The third kappa shape index (κ3) is 4.89. The Kier molecular flexibility index (Phi) is 6.33. The van der Waals surface area contributed by atoms with Crippen LogP contribution in [0.4, 0.5) is 0 Å². The van der Waals surface area contributed by atoms with E-state index in [0.717, 1.165) is 43.1 Å². The van der Waals surface area contributed by atoms with E-state index in [1.807, 2.05) is 18.7 Å². The molecule has 1 aliphatic heterocycles. The topological polar surface area (TPSA) is 62.3 Å². The first kappa shape index (κ1) is 17.7. The second-order valence-electron chi connectivity index (χ2n) is 6.20. The number of thiazole rings is 1. The van der Waals surface area contributed by atoms with E-state index in [0.29, 0.717) is 12.5 Å². The maximum atomic E-state index is 11.8. The van der Waals surface area contributed by atoms with Gasteiger partial charge in [-0.15, -0.1) is 11.3 Å². The van der Waals surface area contributed by atoms with Gasteiger partial charge < -0.3 is 10.2 Å². The van der Waals surface area contributed by atoms with Crippen molar-refractivity contribution in [3.05, 3.63) is 28.7 Å². The number of amides is 2. The molecule has 1 N–H and O–H groups in total. The quantitative estimate of drug-likeness (QED) is 0.812. The second-order valence-corrected chi connectivity index (χ2v) is 7.09. The van der Waals surface area contributed by atoms with Crippen molar-refractivity contribution >= 4 is 23.2 Å². The molecule has 5 nitrogen and oxygen atoms in total. The van der Waals surface area contributed by atoms with Crippen LogP contribution in [0.1, 0.15) is 43.3 Å². The number of hydrogen-bond donors (Lipinski definition) is 1. The fourth-order valence-electron chi connectivity index (χ4n) is 2.65.